The SMILES string of the molecule is Cn1ncc(-c2ccc(C(=O)C(F)(F)F)cn2)n1. The van der Waals surface area contributed by atoms with Gasteiger partial charge in [-0.15, -0.1) is 0 Å². The largest absolute Gasteiger partial charge is 0.454 e. The monoisotopic (exact) mass is 256 g/mol. The highest BCUT2D eigenvalue weighted by Gasteiger charge is 2.39. The van der Waals surface area contributed by atoms with Crippen LogP contribution in [0.2, 0.25) is 0 Å². The van der Waals surface area contributed by atoms with E-state index in [0.717, 1.165) is 12.3 Å². The van der Waals surface area contributed by atoms with Crippen molar-refractivity contribution in [2.45, 2.75) is 6.18 Å². The lowest BCUT2D eigenvalue weighted by Gasteiger charge is -2.04. The second-order valence-electron chi connectivity index (χ2n) is 3.48. The molecule has 0 unspecified atom stereocenters. The van der Waals surface area contributed by atoms with E-state index >= 15 is 0 Å². The van der Waals surface area contributed by atoms with E-state index in [0.29, 0.717) is 11.4 Å². The molecule has 0 bridgehead atoms. The summed E-state index contributed by atoms with van der Waals surface area (Å²) in [5, 5.41) is 7.75. The summed E-state index contributed by atoms with van der Waals surface area (Å²) in [6, 6.07) is 2.36. The van der Waals surface area contributed by atoms with Crippen molar-refractivity contribution in [3.05, 3.63) is 30.1 Å². The summed E-state index contributed by atoms with van der Waals surface area (Å²) < 4.78 is 36.5. The Hall–Kier alpha value is -2.25. The minimum atomic E-state index is -4.89. The molecular weight excluding hydrogens is 249 g/mol. The van der Waals surface area contributed by atoms with Crippen LogP contribution in [0.1, 0.15) is 10.4 Å². The molecule has 0 N–H and O–H groups in total. The highest BCUT2D eigenvalue weighted by molar-refractivity contribution is 6.00. The summed E-state index contributed by atoms with van der Waals surface area (Å²) in [4.78, 5) is 16.0. The zero-order chi connectivity index (χ0) is 13.3. The number of aryl methyl sites for hydroxylation is 1. The molecule has 0 saturated carbocycles. The Kier molecular flexibility index (Phi) is 2.85. The van der Waals surface area contributed by atoms with Crippen LogP contribution in [0.5, 0.6) is 0 Å². The quantitative estimate of drug-likeness (QED) is 0.766. The summed E-state index contributed by atoms with van der Waals surface area (Å²) in [6.45, 7) is 0. The molecule has 8 heteroatoms. The van der Waals surface area contributed by atoms with Crippen molar-refractivity contribution < 1.29 is 18.0 Å². The van der Waals surface area contributed by atoms with Gasteiger partial charge in [0.05, 0.1) is 11.9 Å². The normalized spacial score (nSPS) is 11.6. The van der Waals surface area contributed by atoms with Gasteiger partial charge in [-0.05, 0) is 12.1 Å². The van der Waals surface area contributed by atoms with Crippen LogP contribution < -0.4 is 0 Å². The fourth-order valence-corrected chi connectivity index (χ4v) is 1.31. The summed E-state index contributed by atoms with van der Waals surface area (Å²) >= 11 is 0. The van der Waals surface area contributed by atoms with E-state index in [9.17, 15) is 18.0 Å². The topological polar surface area (TPSA) is 60.7 Å². The Balaban J connectivity index is 2.28. The van der Waals surface area contributed by atoms with Crippen molar-refractivity contribution in [3.63, 3.8) is 0 Å². The Morgan fingerprint density at radius 1 is 1.22 bits per heavy atom. The molecule has 0 amide bonds. The molecule has 0 aromatic carbocycles. The number of hydrogen-bond acceptors (Lipinski definition) is 4. The smallest absolute Gasteiger partial charge is 0.284 e. The Bertz CT molecular complexity index is 574. The minimum absolute atomic E-state index is 0.349. The molecule has 0 atom stereocenters. The molecule has 2 heterocycles. The maximum absolute atomic E-state index is 12.2. The third-order valence-electron chi connectivity index (χ3n) is 2.15. The first-order chi connectivity index (χ1) is 8.38. The standard InChI is InChI=1S/C10H7F3N4O/c1-17-15-5-8(16-17)7-3-2-6(4-14-7)9(18)10(11,12)13/h2-5H,1H3. The molecular formula is C10H7F3N4O. The number of nitrogens with zero attached hydrogens (tertiary/aromatic N) is 4. The molecule has 2 rings (SSSR count). The maximum Gasteiger partial charge on any atom is 0.454 e. The average Bonchev–Trinajstić information content (AvgIpc) is 2.74. The van der Waals surface area contributed by atoms with Crippen LogP contribution in [0.3, 0.4) is 0 Å². The zero-order valence-electron chi connectivity index (χ0n) is 9.14. The Labute approximate surface area is 99.3 Å². The molecule has 0 saturated heterocycles. The molecule has 0 fully saturated rings. The van der Waals surface area contributed by atoms with Gasteiger partial charge >= 0.3 is 6.18 Å². The lowest BCUT2D eigenvalue weighted by atomic mass is 10.1. The highest BCUT2D eigenvalue weighted by Crippen LogP contribution is 2.22. The number of aromatic nitrogens is 4. The van der Waals surface area contributed by atoms with Gasteiger partial charge in [0.25, 0.3) is 5.78 Å². The molecule has 5 nitrogen and oxygen atoms in total. The molecule has 0 aliphatic heterocycles. The van der Waals surface area contributed by atoms with E-state index < -0.39 is 17.5 Å². The number of rotatable bonds is 2. The molecule has 2 aromatic rings. The van der Waals surface area contributed by atoms with Crippen molar-refractivity contribution in [1.29, 1.82) is 0 Å². The fraction of sp³-hybridized carbons (Fsp3) is 0.200. The number of carbonyl (C=O) groups is 1. The predicted octanol–water partition coefficient (Wildman–Crippen LogP) is 1.62. The first-order valence-corrected chi connectivity index (χ1v) is 4.82. The fourth-order valence-electron chi connectivity index (χ4n) is 1.31. The number of pyridine rings is 1. The molecule has 18 heavy (non-hydrogen) atoms. The lowest BCUT2D eigenvalue weighted by molar-refractivity contribution is -0.0885. The van der Waals surface area contributed by atoms with Crippen molar-refractivity contribution >= 4 is 5.78 Å². The number of ketones is 1. The number of alkyl halides is 3. The van der Waals surface area contributed by atoms with Crippen LogP contribution in [-0.4, -0.2) is 31.9 Å². The van der Waals surface area contributed by atoms with Crippen molar-refractivity contribution in [3.8, 4) is 11.4 Å². The van der Waals surface area contributed by atoms with Crippen LogP contribution >= 0.6 is 0 Å². The van der Waals surface area contributed by atoms with E-state index in [1.807, 2.05) is 0 Å². The van der Waals surface area contributed by atoms with Gasteiger partial charge in [0.1, 0.15) is 5.69 Å². The number of hydrogen-bond donors (Lipinski definition) is 0. The van der Waals surface area contributed by atoms with Gasteiger partial charge in [0.15, 0.2) is 0 Å². The van der Waals surface area contributed by atoms with Gasteiger partial charge in [-0.2, -0.15) is 28.2 Å². The maximum atomic E-state index is 12.2. The second-order valence-corrected chi connectivity index (χ2v) is 3.48. The van der Waals surface area contributed by atoms with Crippen molar-refractivity contribution in [2.75, 3.05) is 0 Å². The van der Waals surface area contributed by atoms with E-state index in [4.69, 9.17) is 0 Å². The van der Waals surface area contributed by atoms with Crippen molar-refractivity contribution in [1.82, 2.24) is 20.0 Å². The van der Waals surface area contributed by atoms with Gasteiger partial charge in [0, 0.05) is 18.8 Å². The van der Waals surface area contributed by atoms with Crippen LogP contribution in [0, 0.1) is 0 Å². The first kappa shape index (κ1) is 12.2. The van der Waals surface area contributed by atoms with Crippen LogP contribution in [-0.2, 0) is 7.05 Å². The van der Waals surface area contributed by atoms with E-state index in [1.165, 1.54) is 17.1 Å². The third kappa shape index (κ3) is 2.36. The van der Waals surface area contributed by atoms with Gasteiger partial charge < -0.3 is 0 Å². The number of carbonyl (C=O) groups excluding carboxylic acids is 1. The number of halogens is 3. The highest BCUT2D eigenvalue weighted by atomic mass is 19.4. The first-order valence-electron chi connectivity index (χ1n) is 4.82. The van der Waals surface area contributed by atoms with E-state index in [1.54, 1.807) is 7.05 Å². The molecule has 2 aromatic heterocycles. The number of Topliss-reactive ketones (excluding diaryl/α,β-unsaturated/α-hetero) is 1. The molecule has 0 spiro atoms. The molecule has 0 radical (unpaired) electrons. The Morgan fingerprint density at radius 2 is 1.94 bits per heavy atom. The van der Waals surface area contributed by atoms with Crippen LogP contribution in [0.25, 0.3) is 11.4 Å². The van der Waals surface area contributed by atoms with Gasteiger partial charge in [-0.25, -0.2) is 0 Å². The van der Waals surface area contributed by atoms with Crippen LogP contribution in [0.15, 0.2) is 24.5 Å². The second kappa shape index (κ2) is 4.21. The molecule has 94 valence electrons. The zero-order valence-corrected chi connectivity index (χ0v) is 9.14. The molecule has 0 aliphatic rings. The summed E-state index contributed by atoms with van der Waals surface area (Å²) in [6.07, 6.45) is -2.59. The predicted molar refractivity (Wildman–Crippen MR) is 54.6 cm³/mol. The van der Waals surface area contributed by atoms with E-state index in [2.05, 4.69) is 15.2 Å². The summed E-state index contributed by atoms with van der Waals surface area (Å²) in [5.41, 5.74) is 0.264. The van der Waals surface area contributed by atoms with Gasteiger partial charge in [-0.1, -0.05) is 0 Å². The van der Waals surface area contributed by atoms with E-state index in [-0.39, 0.29) is 0 Å². The summed E-state index contributed by atoms with van der Waals surface area (Å²) in [7, 11) is 1.60. The van der Waals surface area contributed by atoms with Crippen LogP contribution in [0.4, 0.5) is 13.2 Å². The molecule has 0 aliphatic carbocycles. The summed E-state index contributed by atoms with van der Waals surface area (Å²) in [5.74, 6) is -1.92. The lowest BCUT2D eigenvalue weighted by Crippen LogP contribution is -2.22. The van der Waals surface area contributed by atoms with Gasteiger partial charge in [-0.3, -0.25) is 9.78 Å². The third-order valence-corrected chi connectivity index (χ3v) is 2.15. The van der Waals surface area contributed by atoms with Crippen molar-refractivity contribution in [2.24, 2.45) is 7.05 Å². The Morgan fingerprint density at radius 3 is 2.39 bits per heavy atom. The average molecular weight is 256 g/mol. The van der Waals surface area contributed by atoms with Gasteiger partial charge in [0.2, 0.25) is 0 Å². The minimum Gasteiger partial charge on any atom is -0.284 e.